The minimum Gasteiger partial charge on any atom is -0.235 e. The van der Waals surface area contributed by atoms with Gasteiger partial charge in [0.2, 0.25) is 5.03 Å². The molecule has 102 valence electrons. The second-order valence-corrected chi connectivity index (χ2v) is 7.56. The summed E-state index contributed by atoms with van der Waals surface area (Å²) in [5, 5.41) is 8.49. The molecule has 9 heteroatoms. The summed E-state index contributed by atoms with van der Waals surface area (Å²) in [4.78, 5) is 0. The number of piperidine rings is 1. The normalized spacial score (nSPS) is 19.3. The minimum absolute atomic E-state index is 0.125. The van der Waals surface area contributed by atoms with E-state index in [2.05, 4.69) is 42.2 Å². The Morgan fingerprint density at radius 2 is 2.00 bits per heavy atom. The zero-order chi connectivity index (χ0) is 13.3. The van der Waals surface area contributed by atoms with Crippen LogP contribution in [0.5, 0.6) is 0 Å². The van der Waals surface area contributed by atoms with Crippen LogP contribution >= 0.6 is 31.9 Å². The Labute approximate surface area is 123 Å². The van der Waals surface area contributed by atoms with Crippen LogP contribution in [0, 0.1) is 5.92 Å². The molecule has 0 radical (unpaired) electrons. The second-order valence-electron chi connectivity index (χ2n) is 4.31. The molecule has 1 fully saturated rings. The first-order valence-corrected chi connectivity index (χ1v) is 8.93. The highest BCUT2D eigenvalue weighted by Crippen LogP contribution is 2.27. The molecule has 0 saturated carbocycles. The average molecular weight is 402 g/mol. The minimum atomic E-state index is -3.50. The van der Waals surface area contributed by atoms with Gasteiger partial charge >= 0.3 is 0 Å². The van der Waals surface area contributed by atoms with E-state index in [-0.39, 0.29) is 9.63 Å². The van der Waals surface area contributed by atoms with Gasteiger partial charge in [-0.3, -0.25) is 0 Å². The number of sulfonamides is 1. The van der Waals surface area contributed by atoms with Gasteiger partial charge in [0.15, 0.2) is 4.60 Å². The molecule has 0 unspecified atom stereocenters. The van der Waals surface area contributed by atoms with Gasteiger partial charge in [-0.25, -0.2) is 13.1 Å². The van der Waals surface area contributed by atoms with Crippen molar-refractivity contribution in [1.82, 2.24) is 19.3 Å². The highest BCUT2D eigenvalue weighted by molar-refractivity contribution is 9.10. The van der Waals surface area contributed by atoms with Crippen molar-refractivity contribution in [3.8, 4) is 0 Å². The van der Waals surface area contributed by atoms with Gasteiger partial charge in [0, 0.05) is 25.5 Å². The molecule has 2 rings (SSSR count). The third-order valence-electron chi connectivity index (χ3n) is 3.11. The van der Waals surface area contributed by atoms with Crippen molar-refractivity contribution in [3.05, 3.63) is 4.60 Å². The van der Waals surface area contributed by atoms with Crippen molar-refractivity contribution in [1.29, 1.82) is 0 Å². The Bertz CT molecular complexity index is 503. The zero-order valence-electron chi connectivity index (χ0n) is 9.88. The van der Waals surface area contributed by atoms with E-state index >= 15 is 0 Å². The molecule has 0 spiro atoms. The third-order valence-corrected chi connectivity index (χ3v) is 6.82. The predicted molar refractivity (Wildman–Crippen MR) is 74.0 cm³/mol. The van der Waals surface area contributed by atoms with Crippen molar-refractivity contribution < 1.29 is 8.42 Å². The van der Waals surface area contributed by atoms with Crippen molar-refractivity contribution >= 4 is 41.9 Å². The van der Waals surface area contributed by atoms with Crippen molar-refractivity contribution in [2.75, 3.05) is 18.4 Å². The van der Waals surface area contributed by atoms with E-state index in [1.807, 2.05) is 0 Å². The molecule has 0 amide bonds. The number of hydrogen-bond donors (Lipinski definition) is 0. The summed E-state index contributed by atoms with van der Waals surface area (Å²) < 4.78 is 28.0. The summed E-state index contributed by atoms with van der Waals surface area (Å²) in [7, 11) is -1.92. The summed E-state index contributed by atoms with van der Waals surface area (Å²) in [6.07, 6.45) is 1.76. The maximum Gasteiger partial charge on any atom is 0.263 e. The van der Waals surface area contributed by atoms with Crippen LogP contribution in [0.1, 0.15) is 12.8 Å². The van der Waals surface area contributed by atoms with Gasteiger partial charge in [-0.1, -0.05) is 21.1 Å². The molecule has 0 aliphatic carbocycles. The number of hydrogen-bond acceptors (Lipinski definition) is 4. The number of alkyl halides is 1. The summed E-state index contributed by atoms with van der Waals surface area (Å²) >= 11 is 6.58. The van der Waals surface area contributed by atoms with E-state index in [0.29, 0.717) is 19.0 Å². The Kier molecular flexibility index (Phi) is 4.45. The number of halogens is 2. The SMILES string of the molecule is Cn1nnc(Br)c1S(=O)(=O)N1CCC(CBr)CC1. The largest absolute Gasteiger partial charge is 0.263 e. The fourth-order valence-corrected chi connectivity index (χ4v) is 5.17. The van der Waals surface area contributed by atoms with Gasteiger partial charge in [-0.15, -0.1) is 5.10 Å². The van der Waals surface area contributed by atoms with Crippen molar-refractivity contribution in [2.45, 2.75) is 17.9 Å². The Hall–Kier alpha value is 0.01000. The van der Waals surface area contributed by atoms with Gasteiger partial charge in [0.1, 0.15) is 0 Å². The van der Waals surface area contributed by atoms with Crippen LogP contribution in [-0.2, 0) is 17.1 Å². The molecule has 1 aromatic heterocycles. The van der Waals surface area contributed by atoms with E-state index < -0.39 is 10.0 Å². The molecule has 0 N–H and O–H groups in total. The lowest BCUT2D eigenvalue weighted by Crippen LogP contribution is -2.39. The van der Waals surface area contributed by atoms with Crippen LogP contribution in [0.25, 0.3) is 0 Å². The van der Waals surface area contributed by atoms with Crippen LogP contribution in [-0.4, -0.2) is 46.1 Å². The van der Waals surface area contributed by atoms with Gasteiger partial charge in [-0.05, 0) is 34.7 Å². The lowest BCUT2D eigenvalue weighted by atomic mass is 10.0. The molecular weight excluding hydrogens is 388 g/mol. The molecule has 0 bridgehead atoms. The van der Waals surface area contributed by atoms with E-state index in [1.165, 1.54) is 8.99 Å². The molecule has 6 nitrogen and oxygen atoms in total. The van der Waals surface area contributed by atoms with Crippen LogP contribution < -0.4 is 0 Å². The second kappa shape index (κ2) is 5.56. The molecular formula is C9H14Br2N4O2S. The molecule has 1 aromatic rings. The van der Waals surface area contributed by atoms with Crippen LogP contribution in [0.2, 0.25) is 0 Å². The third kappa shape index (κ3) is 2.63. The highest BCUT2D eigenvalue weighted by atomic mass is 79.9. The predicted octanol–water partition coefficient (Wildman–Crippen LogP) is 1.37. The fourth-order valence-electron chi connectivity index (χ4n) is 2.02. The molecule has 2 heterocycles. The number of aryl methyl sites for hydroxylation is 1. The summed E-state index contributed by atoms with van der Waals surface area (Å²) in [5.74, 6) is 0.560. The monoisotopic (exact) mass is 400 g/mol. The van der Waals surface area contributed by atoms with Crippen LogP contribution in [0.4, 0.5) is 0 Å². The average Bonchev–Trinajstić information content (AvgIpc) is 2.69. The van der Waals surface area contributed by atoms with Crippen LogP contribution in [0.15, 0.2) is 9.63 Å². The summed E-state index contributed by atoms with van der Waals surface area (Å²) in [6, 6.07) is 0. The first kappa shape index (κ1) is 14.4. The molecule has 0 atom stereocenters. The summed E-state index contributed by atoms with van der Waals surface area (Å²) in [6.45, 7) is 1.10. The molecule has 0 aromatic carbocycles. The lowest BCUT2D eigenvalue weighted by molar-refractivity contribution is 0.290. The first-order chi connectivity index (χ1) is 8.46. The van der Waals surface area contributed by atoms with Crippen molar-refractivity contribution in [2.24, 2.45) is 13.0 Å². The molecule has 18 heavy (non-hydrogen) atoms. The van der Waals surface area contributed by atoms with E-state index in [4.69, 9.17) is 0 Å². The summed E-state index contributed by atoms with van der Waals surface area (Å²) in [5.41, 5.74) is 0. The Morgan fingerprint density at radius 3 is 2.44 bits per heavy atom. The fraction of sp³-hybridized carbons (Fsp3) is 0.778. The van der Waals surface area contributed by atoms with Crippen LogP contribution in [0.3, 0.4) is 0 Å². The highest BCUT2D eigenvalue weighted by Gasteiger charge is 2.33. The smallest absolute Gasteiger partial charge is 0.235 e. The van der Waals surface area contributed by atoms with E-state index in [0.717, 1.165) is 18.2 Å². The van der Waals surface area contributed by atoms with E-state index in [9.17, 15) is 8.42 Å². The Balaban J connectivity index is 2.23. The van der Waals surface area contributed by atoms with Gasteiger partial charge in [0.25, 0.3) is 10.0 Å². The topological polar surface area (TPSA) is 68.1 Å². The molecule has 1 saturated heterocycles. The maximum atomic E-state index is 12.5. The van der Waals surface area contributed by atoms with Gasteiger partial charge < -0.3 is 0 Å². The lowest BCUT2D eigenvalue weighted by Gasteiger charge is -2.30. The number of rotatable bonds is 3. The zero-order valence-corrected chi connectivity index (χ0v) is 13.9. The quantitative estimate of drug-likeness (QED) is 0.717. The standard InChI is InChI=1S/C9H14Br2N4O2S/c1-14-9(8(11)12-13-14)18(16,17)15-4-2-7(6-10)3-5-15/h7H,2-6H2,1H3. The van der Waals surface area contributed by atoms with Crippen molar-refractivity contribution in [3.63, 3.8) is 0 Å². The molecule has 1 aliphatic heterocycles. The Morgan fingerprint density at radius 1 is 1.39 bits per heavy atom. The maximum absolute atomic E-state index is 12.5. The molecule has 1 aliphatic rings. The first-order valence-electron chi connectivity index (χ1n) is 5.58. The number of nitrogens with zero attached hydrogens (tertiary/aromatic N) is 4. The van der Waals surface area contributed by atoms with Gasteiger partial charge in [0.05, 0.1) is 0 Å². The number of aromatic nitrogens is 3. The van der Waals surface area contributed by atoms with Gasteiger partial charge in [-0.2, -0.15) is 4.31 Å². The van der Waals surface area contributed by atoms with E-state index in [1.54, 1.807) is 7.05 Å².